The first-order chi connectivity index (χ1) is 16.5. The van der Waals surface area contributed by atoms with Crippen molar-refractivity contribution in [1.82, 2.24) is 4.98 Å². The number of hydrogen-bond donors (Lipinski definition) is 1. The van der Waals surface area contributed by atoms with E-state index in [0.717, 1.165) is 9.58 Å². The van der Waals surface area contributed by atoms with Crippen LogP contribution >= 0.6 is 22.7 Å². The molecule has 34 heavy (non-hydrogen) atoms. The quantitative estimate of drug-likeness (QED) is 0.221. The average molecular weight is 493 g/mol. The van der Waals surface area contributed by atoms with E-state index in [9.17, 15) is 14.7 Å². The molecule has 0 spiro atoms. The van der Waals surface area contributed by atoms with E-state index in [1.165, 1.54) is 27.6 Å². The Labute approximate surface area is 203 Å². The summed E-state index contributed by atoms with van der Waals surface area (Å²) in [5.41, 5.74) is 1.16. The molecule has 3 heterocycles. The van der Waals surface area contributed by atoms with Crippen LogP contribution in [0.3, 0.4) is 0 Å². The number of benzene rings is 2. The van der Waals surface area contributed by atoms with Crippen molar-refractivity contribution in [3.8, 4) is 11.5 Å². The number of ketones is 1. The smallest absolute Gasteiger partial charge is 0.301 e. The third kappa shape index (κ3) is 3.72. The predicted molar refractivity (Wildman–Crippen MR) is 133 cm³/mol. The fraction of sp³-hybridized carbons (Fsp3) is 0.160. The summed E-state index contributed by atoms with van der Waals surface area (Å²) >= 11 is 2.71. The number of amides is 1. The highest BCUT2D eigenvalue weighted by molar-refractivity contribution is 7.22. The minimum Gasteiger partial charge on any atom is -0.507 e. The summed E-state index contributed by atoms with van der Waals surface area (Å²) in [5, 5.41) is 13.4. The second kappa shape index (κ2) is 8.92. The molecule has 1 aliphatic heterocycles. The largest absolute Gasteiger partial charge is 0.507 e. The van der Waals surface area contributed by atoms with Gasteiger partial charge in [-0.05, 0) is 60.8 Å². The monoisotopic (exact) mass is 492 g/mol. The van der Waals surface area contributed by atoms with Crippen LogP contribution in [0.1, 0.15) is 23.4 Å². The molecule has 9 heteroatoms. The predicted octanol–water partition coefficient (Wildman–Crippen LogP) is 5.39. The maximum Gasteiger partial charge on any atom is 0.301 e. The van der Waals surface area contributed by atoms with Crippen molar-refractivity contribution in [3.05, 3.63) is 76.0 Å². The lowest BCUT2D eigenvalue weighted by atomic mass is 10.00. The Bertz CT molecular complexity index is 1410. The van der Waals surface area contributed by atoms with Crippen LogP contribution in [0.4, 0.5) is 5.13 Å². The zero-order valence-corrected chi connectivity index (χ0v) is 20.0. The number of ether oxygens (including phenoxy) is 2. The van der Waals surface area contributed by atoms with E-state index < -0.39 is 17.7 Å². The fourth-order valence-corrected chi connectivity index (χ4v) is 5.75. The highest BCUT2D eigenvalue weighted by atomic mass is 32.1. The number of anilines is 1. The number of aliphatic hydroxyl groups excluding tert-OH is 1. The Morgan fingerprint density at radius 2 is 1.88 bits per heavy atom. The summed E-state index contributed by atoms with van der Waals surface area (Å²) in [4.78, 5) is 33.2. The summed E-state index contributed by atoms with van der Waals surface area (Å²) in [7, 11) is 1.55. The van der Waals surface area contributed by atoms with Crippen molar-refractivity contribution in [2.75, 3.05) is 18.6 Å². The molecule has 1 unspecified atom stereocenters. The first-order valence-corrected chi connectivity index (χ1v) is 12.2. The number of methoxy groups -OCH3 is 1. The summed E-state index contributed by atoms with van der Waals surface area (Å²) in [6, 6.07) is 15.1. The number of nitrogens with zero attached hydrogens (tertiary/aromatic N) is 2. The number of carbonyl (C=O) groups is 2. The Balaban J connectivity index is 1.65. The summed E-state index contributed by atoms with van der Waals surface area (Å²) in [6.45, 7) is 2.45. The highest BCUT2D eigenvalue weighted by Crippen LogP contribution is 2.45. The number of Topliss-reactive ketones (excluding diaryl/α,β-unsaturated/α-hetero) is 1. The number of rotatable bonds is 6. The molecule has 0 bridgehead atoms. The Morgan fingerprint density at radius 1 is 1.12 bits per heavy atom. The molecule has 7 nitrogen and oxygen atoms in total. The minimum atomic E-state index is -0.783. The van der Waals surface area contributed by atoms with Gasteiger partial charge in [0, 0.05) is 10.4 Å². The van der Waals surface area contributed by atoms with Gasteiger partial charge in [-0.1, -0.05) is 17.4 Å². The van der Waals surface area contributed by atoms with Gasteiger partial charge in [-0.3, -0.25) is 14.5 Å². The highest BCUT2D eigenvalue weighted by Gasteiger charge is 2.48. The van der Waals surface area contributed by atoms with Gasteiger partial charge >= 0.3 is 5.91 Å². The number of aromatic nitrogens is 1. The van der Waals surface area contributed by atoms with Gasteiger partial charge in [0.25, 0.3) is 5.78 Å². The standard InChI is InChI=1S/C25H20N2O5S2/c1-3-32-16-10-11-17-19(13-16)34-25(26-17)27-21(18-5-4-12-33-18)20(23(29)24(27)30)22(28)14-6-8-15(31-2)9-7-14/h4-13,21,28H,3H2,1-2H3/b22-20+. The van der Waals surface area contributed by atoms with Crippen molar-refractivity contribution in [3.63, 3.8) is 0 Å². The second-order valence-corrected chi connectivity index (χ2v) is 9.46. The van der Waals surface area contributed by atoms with Crippen LogP contribution in [0.2, 0.25) is 0 Å². The Morgan fingerprint density at radius 3 is 2.56 bits per heavy atom. The summed E-state index contributed by atoms with van der Waals surface area (Å²) < 4.78 is 11.6. The summed E-state index contributed by atoms with van der Waals surface area (Å²) in [6.07, 6.45) is 0. The van der Waals surface area contributed by atoms with E-state index >= 15 is 0 Å². The van der Waals surface area contributed by atoms with Gasteiger partial charge in [0.15, 0.2) is 5.13 Å². The van der Waals surface area contributed by atoms with Gasteiger partial charge < -0.3 is 14.6 Å². The number of carbonyl (C=O) groups excluding carboxylic acids is 2. The third-order valence-electron chi connectivity index (χ3n) is 5.49. The molecule has 1 fully saturated rings. The van der Waals surface area contributed by atoms with Crippen molar-refractivity contribution in [2.24, 2.45) is 0 Å². The second-order valence-electron chi connectivity index (χ2n) is 7.47. The zero-order valence-electron chi connectivity index (χ0n) is 18.3. The van der Waals surface area contributed by atoms with E-state index in [4.69, 9.17) is 9.47 Å². The van der Waals surface area contributed by atoms with Gasteiger partial charge in [0.05, 0.1) is 29.5 Å². The molecular weight excluding hydrogens is 472 g/mol. The maximum absolute atomic E-state index is 13.3. The first kappa shape index (κ1) is 22.1. The first-order valence-electron chi connectivity index (χ1n) is 10.5. The number of aliphatic hydroxyl groups is 1. The lowest BCUT2D eigenvalue weighted by Gasteiger charge is -2.21. The van der Waals surface area contributed by atoms with Crippen LogP contribution < -0.4 is 14.4 Å². The van der Waals surface area contributed by atoms with Crippen molar-refractivity contribution < 1.29 is 24.2 Å². The molecule has 2 aromatic heterocycles. The molecule has 172 valence electrons. The van der Waals surface area contributed by atoms with Crippen LogP contribution in [0.15, 0.2) is 65.6 Å². The van der Waals surface area contributed by atoms with Crippen LogP contribution in [0.25, 0.3) is 16.0 Å². The van der Waals surface area contributed by atoms with Crippen molar-refractivity contribution >= 4 is 55.5 Å². The van der Waals surface area contributed by atoms with E-state index in [0.29, 0.717) is 34.3 Å². The van der Waals surface area contributed by atoms with Crippen LogP contribution in [-0.2, 0) is 9.59 Å². The van der Waals surface area contributed by atoms with Crippen molar-refractivity contribution in [1.29, 1.82) is 0 Å². The minimum absolute atomic E-state index is 0.0341. The van der Waals surface area contributed by atoms with Gasteiger partial charge in [0.1, 0.15) is 23.3 Å². The fourth-order valence-electron chi connectivity index (χ4n) is 3.90. The zero-order chi connectivity index (χ0) is 23.8. The molecule has 1 N–H and O–H groups in total. The van der Waals surface area contributed by atoms with E-state index in [2.05, 4.69) is 4.98 Å². The molecule has 1 atom stereocenters. The third-order valence-corrected chi connectivity index (χ3v) is 7.43. The topological polar surface area (TPSA) is 89.0 Å². The lowest BCUT2D eigenvalue weighted by molar-refractivity contribution is -0.132. The Hall–Kier alpha value is -3.69. The molecule has 0 aliphatic carbocycles. The SMILES string of the molecule is CCOc1ccc2nc(N3C(=O)C(=O)/C(=C(/O)c4ccc(OC)cc4)C3c3cccs3)sc2c1. The summed E-state index contributed by atoms with van der Waals surface area (Å²) in [5.74, 6) is -0.380. The van der Waals surface area contributed by atoms with Crippen LogP contribution in [0.5, 0.6) is 11.5 Å². The lowest BCUT2D eigenvalue weighted by Crippen LogP contribution is -2.28. The molecule has 0 radical (unpaired) electrons. The van der Waals surface area contributed by atoms with E-state index in [1.807, 2.05) is 42.6 Å². The van der Waals surface area contributed by atoms with Gasteiger partial charge in [-0.15, -0.1) is 11.3 Å². The Kier molecular flexibility index (Phi) is 5.80. The van der Waals surface area contributed by atoms with Crippen LogP contribution in [-0.4, -0.2) is 35.5 Å². The average Bonchev–Trinajstić information content (AvgIpc) is 3.57. The number of thiazole rings is 1. The van der Waals surface area contributed by atoms with Gasteiger partial charge in [-0.2, -0.15) is 0 Å². The van der Waals surface area contributed by atoms with E-state index in [-0.39, 0.29) is 11.3 Å². The molecule has 4 aromatic rings. The number of fused-ring (bicyclic) bond motifs is 1. The van der Waals surface area contributed by atoms with Gasteiger partial charge in [-0.25, -0.2) is 4.98 Å². The van der Waals surface area contributed by atoms with Gasteiger partial charge in [0.2, 0.25) is 0 Å². The molecule has 1 saturated heterocycles. The molecule has 0 saturated carbocycles. The molecule has 2 aromatic carbocycles. The molecular formula is C25H20N2O5S2. The molecule has 1 amide bonds. The number of hydrogen-bond acceptors (Lipinski definition) is 8. The van der Waals surface area contributed by atoms with Crippen molar-refractivity contribution in [2.45, 2.75) is 13.0 Å². The molecule has 1 aliphatic rings. The maximum atomic E-state index is 13.3. The van der Waals surface area contributed by atoms with Crippen LogP contribution in [0, 0.1) is 0 Å². The normalized spacial score (nSPS) is 17.5. The van der Waals surface area contributed by atoms with E-state index in [1.54, 1.807) is 31.4 Å². The number of thiophene rings is 1. The molecule has 5 rings (SSSR count).